The van der Waals surface area contributed by atoms with Gasteiger partial charge in [0, 0.05) is 44.5 Å². The van der Waals surface area contributed by atoms with Gasteiger partial charge >= 0.3 is 6.03 Å². The number of piperidine rings is 1. The zero-order valence-corrected chi connectivity index (χ0v) is 15.2. The summed E-state index contributed by atoms with van der Waals surface area (Å²) in [6, 6.07) is 11.0. The van der Waals surface area contributed by atoms with Crippen molar-refractivity contribution in [2.75, 3.05) is 31.6 Å². The molecule has 1 saturated heterocycles. The molecule has 1 atom stereocenters. The molecule has 3 rings (SSSR count). The minimum absolute atomic E-state index is 0.0485. The molecule has 0 radical (unpaired) electrons. The molecule has 1 aromatic rings. The topological polar surface area (TPSA) is 55.8 Å². The van der Waals surface area contributed by atoms with Crippen molar-refractivity contribution in [3.05, 3.63) is 30.3 Å². The molecule has 0 bridgehead atoms. The second-order valence-corrected chi connectivity index (χ2v) is 7.54. The van der Waals surface area contributed by atoms with E-state index in [0.29, 0.717) is 12.0 Å². The fourth-order valence-corrected chi connectivity index (χ4v) is 4.13. The first kappa shape index (κ1) is 18.1. The number of carbonyl (C=O) groups is 1. The Morgan fingerprint density at radius 3 is 2.60 bits per heavy atom. The smallest absolute Gasteiger partial charge is 0.317 e. The van der Waals surface area contributed by atoms with Crippen molar-refractivity contribution in [3.8, 4) is 0 Å². The minimum Gasteiger partial charge on any atom is -0.396 e. The number of nitrogens with one attached hydrogen (secondary N) is 1. The Bertz CT molecular complexity index is 543. The SMILES string of the molecule is CN(C(=O)NC1CCCN(c2ccccc2)C1)C1CCC(CO)CC1. The first-order chi connectivity index (χ1) is 12.2. The predicted octanol–water partition coefficient (Wildman–Crippen LogP) is 2.85. The minimum atomic E-state index is 0.0485. The molecule has 0 aromatic heterocycles. The Labute approximate surface area is 151 Å². The van der Waals surface area contributed by atoms with E-state index < -0.39 is 0 Å². The van der Waals surface area contributed by atoms with Crippen LogP contribution in [0, 0.1) is 5.92 Å². The highest BCUT2D eigenvalue weighted by atomic mass is 16.3. The van der Waals surface area contributed by atoms with Crippen molar-refractivity contribution in [2.45, 2.75) is 50.6 Å². The van der Waals surface area contributed by atoms with Crippen molar-refractivity contribution >= 4 is 11.7 Å². The quantitative estimate of drug-likeness (QED) is 0.882. The summed E-state index contributed by atoms with van der Waals surface area (Å²) in [7, 11) is 1.91. The van der Waals surface area contributed by atoms with Gasteiger partial charge in [-0.1, -0.05) is 18.2 Å². The van der Waals surface area contributed by atoms with E-state index in [0.717, 1.165) is 51.6 Å². The molecule has 1 aliphatic carbocycles. The van der Waals surface area contributed by atoms with Gasteiger partial charge in [-0.3, -0.25) is 0 Å². The van der Waals surface area contributed by atoms with Crippen LogP contribution in [0.25, 0.3) is 0 Å². The summed E-state index contributed by atoms with van der Waals surface area (Å²) in [5, 5.41) is 12.5. The van der Waals surface area contributed by atoms with Gasteiger partial charge in [0.2, 0.25) is 0 Å². The van der Waals surface area contributed by atoms with E-state index >= 15 is 0 Å². The number of para-hydroxylation sites is 1. The lowest BCUT2D eigenvalue weighted by molar-refractivity contribution is 0.132. The van der Waals surface area contributed by atoms with Crippen LogP contribution < -0.4 is 10.2 Å². The molecule has 1 heterocycles. The molecule has 0 spiro atoms. The van der Waals surface area contributed by atoms with E-state index in [-0.39, 0.29) is 18.7 Å². The third kappa shape index (κ3) is 4.66. The summed E-state index contributed by atoms with van der Waals surface area (Å²) in [5.74, 6) is 0.422. The molecule has 1 unspecified atom stereocenters. The summed E-state index contributed by atoms with van der Waals surface area (Å²) in [6.45, 7) is 2.21. The third-order valence-corrected chi connectivity index (χ3v) is 5.81. The second kappa shape index (κ2) is 8.56. The van der Waals surface area contributed by atoms with Gasteiger partial charge in [0.05, 0.1) is 0 Å². The van der Waals surface area contributed by atoms with Crippen LogP contribution in [0.1, 0.15) is 38.5 Å². The molecular formula is C20H31N3O2. The lowest BCUT2D eigenvalue weighted by atomic mass is 9.86. The van der Waals surface area contributed by atoms with Gasteiger partial charge in [0.1, 0.15) is 0 Å². The summed E-state index contributed by atoms with van der Waals surface area (Å²) in [4.78, 5) is 16.9. The average Bonchev–Trinajstić information content (AvgIpc) is 2.68. The number of urea groups is 1. The molecule has 25 heavy (non-hydrogen) atoms. The van der Waals surface area contributed by atoms with Crippen molar-refractivity contribution in [1.82, 2.24) is 10.2 Å². The largest absolute Gasteiger partial charge is 0.396 e. The van der Waals surface area contributed by atoms with Crippen LogP contribution in [0.2, 0.25) is 0 Å². The van der Waals surface area contributed by atoms with E-state index in [4.69, 9.17) is 0 Å². The van der Waals surface area contributed by atoms with Crippen LogP contribution in [0.5, 0.6) is 0 Å². The normalized spacial score (nSPS) is 27.0. The molecule has 2 fully saturated rings. The van der Waals surface area contributed by atoms with Crippen LogP contribution in [0.4, 0.5) is 10.5 Å². The number of hydrogen-bond donors (Lipinski definition) is 2. The fraction of sp³-hybridized carbons (Fsp3) is 0.650. The number of hydrogen-bond acceptors (Lipinski definition) is 3. The molecule has 2 N–H and O–H groups in total. The second-order valence-electron chi connectivity index (χ2n) is 7.54. The highest BCUT2D eigenvalue weighted by Crippen LogP contribution is 2.27. The van der Waals surface area contributed by atoms with E-state index in [2.05, 4.69) is 34.5 Å². The Hall–Kier alpha value is -1.75. The number of aliphatic hydroxyl groups excluding tert-OH is 1. The van der Waals surface area contributed by atoms with Crippen molar-refractivity contribution in [3.63, 3.8) is 0 Å². The number of carbonyl (C=O) groups excluding carboxylic acids is 1. The lowest BCUT2D eigenvalue weighted by Crippen LogP contribution is -2.53. The van der Waals surface area contributed by atoms with E-state index in [1.807, 2.05) is 18.0 Å². The first-order valence-electron chi connectivity index (χ1n) is 9.61. The van der Waals surface area contributed by atoms with Crippen LogP contribution in [0.3, 0.4) is 0 Å². The van der Waals surface area contributed by atoms with Gasteiger partial charge in [0.25, 0.3) is 0 Å². The summed E-state index contributed by atoms with van der Waals surface area (Å²) < 4.78 is 0. The summed E-state index contributed by atoms with van der Waals surface area (Å²) in [5.41, 5.74) is 1.23. The average molecular weight is 345 g/mol. The highest BCUT2D eigenvalue weighted by Gasteiger charge is 2.28. The number of benzene rings is 1. The maximum absolute atomic E-state index is 12.7. The van der Waals surface area contributed by atoms with Gasteiger partial charge in [0.15, 0.2) is 0 Å². The van der Waals surface area contributed by atoms with E-state index in [1.165, 1.54) is 5.69 Å². The van der Waals surface area contributed by atoms with Crippen molar-refractivity contribution in [2.24, 2.45) is 5.92 Å². The van der Waals surface area contributed by atoms with E-state index in [9.17, 15) is 9.90 Å². The van der Waals surface area contributed by atoms with Crippen LogP contribution in [-0.2, 0) is 0 Å². The summed E-state index contributed by atoms with van der Waals surface area (Å²) >= 11 is 0. The molecule has 5 nitrogen and oxygen atoms in total. The van der Waals surface area contributed by atoms with Gasteiger partial charge in [-0.25, -0.2) is 4.79 Å². The van der Waals surface area contributed by atoms with Gasteiger partial charge in [-0.15, -0.1) is 0 Å². The third-order valence-electron chi connectivity index (χ3n) is 5.81. The van der Waals surface area contributed by atoms with Crippen LogP contribution >= 0.6 is 0 Å². The van der Waals surface area contributed by atoms with Gasteiger partial charge in [-0.2, -0.15) is 0 Å². The molecule has 2 amide bonds. The molecule has 1 aromatic carbocycles. The van der Waals surface area contributed by atoms with Crippen molar-refractivity contribution in [1.29, 1.82) is 0 Å². The number of rotatable bonds is 4. The molecule has 2 aliphatic rings. The Balaban J connectivity index is 1.50. The van der Waals surface area contributed by atoms with Crippen LogP contribution in [0.15, 0.2) is 30.3 Å². The Morgan fingerprint density at radius 2 is 1.92 bits per heavy atom. The predicted molar refractivity (Wildman–Crippen MR) is 101 cm³/mol. The lowest BCUT2D eigenvalue weighted by Gasteiger charge is -2.38. The van der Waals surface area contributed by atoms with Gasteiger partial charge in [-0.05, 0) is 56.6 Å². The number of amides is 2. The Morgan fingerprint density at radius 1 is 1.20 bits per heavy atom. The highest BCUT2D eigenvalue weighted by molar-refractivity contribution is 5.74. The maximum Gasteiger partial charge on any atom is 0.317 e. The molecule has 1 saturated carbocycles. The monoisotopic (exact) mass is 345 g/mol. The first-order valence-corrected chi connectivity index (χ1v) is 9.61. The molecule has 138 valence electrons. The molecular weight excluding hydrogens is 314 g/mol. The summed E-state index contributed by atoms with van der Waals surface area (Å²) in [6.07, 6.45) is 6.17. The van der Waals surface area contributed by atoms with Crippen LogP contribution in [-0.4, -0.2) is 54.9 Å². The maximum atomic E-state index is 12.7. The molecule has 5 heteroatoms. The number of aliphatic hydroxyl groups is 1. The fourth-order valence-electron chi connectivity index (χ4n) is 4.13. The number of nitrogens with zero attached hydrogens (tertiary/aromatic N) is 2. The Kier molecular flexibility index (Phi) is 6.19. The van der Waals surface area contributed by atoms with Crippen molar-refractivity contribution < 1.29 is 9.90 Å². The number of anilines is 1. The molecule has 1 aliphatic heterocycles. The van der Waals surface area contributed by atoms with Gasteiger partial charge < -0.3 is 20.2 Å². The standard InChI is InChI=1S/C20H31N3O2/c1-22(18-11-9-16(15-24)10-12-18)20(25)21-17-6-5-13-23(14-17)19-7-3-2-4-8-19/h2-4,7-8,16-18,24H,5-6,9-15H2,1H3,(H,21,25). The zero-order chi connectivity index (χ0) is 17.6. The van der Waals surface area contributed by atoms with E-state index in [1.54, 1.807) is 0 Å². The zero-order valence-electron chi connectivity index (χ0n) is 15.2.